The molecule has 0 heterocycles. The fraction of sp³-hybridized carbons (Fsp3) is 0.286. The maximum atomic E-state index is 11.4. The molecule has 0 unspecified atom stereocenters. The van der Waals surface area contributed by atoms with E-state index in [1.54, 1.807) is 13.8 Å². The van der Waals surface area contributed by atoms with Crippen LogP contribution in [0.2, 0.25) is 0 Å². The highest BCUT2D eigenvalue weighted by atomic mass is 31.1. The zero-order chi connectivity index (χ0) is 17.0. The predicted molar refractivity (Wildman–Crippen MR) is 85.1 cm³/mol. The molecule has 0 saturated carbocycles. The van der Waals surface area contributed by atoms with Crippen molar-refractivity contribution in [2.24, 2.45) is 0 Å². The molecule has 0 fully saturated rings. The Balaban J connectivity index is 4.21. The summed E-state index contributed by atoms with van der Waals surface area (Å²) in [7, 11) is 0.335. The largest absolute Gasteiger partial charge is 0.426 e. The third-order valence-corrected chi connectivity index (χ3v) is 3.01. The van der Waals surface area contributed by atoms with Crippen molar-refractivity contribution in [3.8, 4) is 0 Å². The van der Waals surface area contributed by atoms with Gasteiger partial charge in [-0.1, -0.05) is 12.2 Å². The van der Waals surface area contributed by atoms with Gasteiger partial charge in [0, 0.05) is 25.2 Å². The van der Waals surface area contributed by atoms with Gasteiger partial charge >= 0.3 is 8.25 Å². The minimum Gasteiger partial charge on any atom is -0.426 e. The van der Waals surface area contributed by atoms with Gasteiger partial charge in [0.2, 0.25) is 11.8 Å². The van der Waals surface area contributed by atoms with Crippen molar-refractivity contribution in [2.75, 3.05) is 14.1 Å². The van der Waals surface area contributed by atoms with Gasteiger partial charge in [0.15, 0.2) is 0 Å². The molecule has 0 aromatic heterocycles. The van der Waals surface area contributed by atoms with E-state index in [2.05, 4.69) is 10.6 Å². The van der Waals surface area contributed by atoms with Crippen LogP contribution in [0.15, 0.2) is 48.0 Å². The van der Waals surface area contributed by atoms with Crippen molar-refractivity contribution in [2.45, 2.75) is 13.8 Å². The second-order valence-corrected chi connectivity index (χ2v) is 4.97. The number of carbonyl (C=O) groups excluding carboxylic acids is 2. The van der Waals surface area contributed by atoms with Gasteiger partial charge < -0.3 is 19.7 Å². The van der Waals surface area contributed by atoms with E-state index < -0.39 is 8.25 Å². The molecule has 0 aliphatic rings. The first kappa shape index (κ1) is 19.7. The minimum atomic E-state index is -2.72. The van der Waals surface area contributed by atoms with Crippen molar-refractivity contribution in [1.29, 1.82) is 0 Å². The number of hydrogen-bond acceptors (Lipinski definition) is 5. The third-order valence-electron chi connectivity index (χ3n) is 2.35. The molecule has 0 aliphatic carbocycles. The van der Waals surface area contributed by atoms with Gasteiger partial charge in [-0.25, -0.2) is 4.57 Å². The smallest absolute Gasteiger partial charge is 0.417 e. The topological polar surface area (TPSA) is 93.7 Å². The summed E-state index contributed by atoms with van der Waals surface area (Å²) in [5.74, 6) is -0.426. The molecule has 122 valence electrons. The van der Waals surface area contributed by atoms with Crippen molar-refractivity contribution in [3.05, 3.63) is 48.0 Å². The van der Waals surface area contributed by atoms with Crippen LogP contribution in [-0.2, 0) is 23.2 Å². The molecular weight excluding hydrogens is 307 g/mol. The van der Waals surface area contributed by atoms with E-state index in [1.165, 1.54) is 50.9 Å². The average Bonchev–Trinajstić information content (AvgIpc) is 2.53. The van der Waals surface area contributed by atoms with Crippen LogP contribution in [-0.4, -0.2) is 25.9 Å². The van der Waals surface area contributed by atoms with Crippen LogP contribution >= 0.6 is 8.25 Å². The summed E-state index contributed by atoms with van der Waals surface area (Å²) in [6.45, 7) is 3.26. The summed E-state index contributed by atoms with van der Waals surface area (Å²) in [5, 5.41) is 4.93. The monoisotopic (exact) mass is 328 g/mol. The van der Waals surface area contributed by atoms with E-state index in [1.807, 2.05) is 0 Å². The summed E-state index contributed by atoms with van der Waals surface area (Å²) in [5.41, 5.74) is 0.968. The first-order valence-corrected chi connectivity index (χ1v) is 7.63. The van der Waals surface area contributed by atoms with Gasteiger partial charge in [0.05, 0.1) is 12.5 Å². The molecule has 7 nitrogen and oxygen atoms in total. The molecule has 2 amide bonds. The van der Waals surface area contributed by atoms with Crippen molar-refractivity contribution in [3.63, 3.8) is 0 Å². The lowest BCUT2D eigenvalue weighted by atomic mass is 10.2. The van der Waals surface area contributed by atoms with Crippen molar-refractivity contribution in [1.82, 2.24) is 10.6 Å². The fourth-order valence-electron chi connectivity index (χ4n) is 1.13. The zero-order valence-corrected chi connectivity index (χ0v) is 14.0. The van der Waals surface area contributed by atoms with Crippen LogP contribution in [0.1, 0.15) is 13.8 Å². The Morgan fingerprint density at radius 1 is 0.864 bits per heavy atom. The number of allylic oxidation sites excluding steroid dienone is 4. The van der Waals surface area contributed by atoms with Gasteiger partial charge in [-0.3, -0.25) is 9.59 Å². The van der Waals surface area contributed by atoms with Crippen LogP contribution in [0.5, 0.6) is 0 Å². The number of carbonyl (C=O) groups is 2. The molecule has 8 heteroatoms. The Kier molecular flexibility index (Phi) is 10.2. The quantitative estimate of drug-likeness (QED) is 0.307. The summed E-state index contributed by atoms with van der Waals surface area (Å²) in [4.78, 5) is 22.3. The van der Waals surface area contributed by atoms with Gasteiger partial charge in [-0.15, -0.1) is 0 Å². The van der Waals surface area contributed by atoms with Crippen LogP contribution < -0.4 is 10.6 Å². The average molecular weight is 328 g/mol. The maximum Gasteiger partial charge on any atom is 0.417 e. The second kappa shape index (κ2) is 11.4. The maximum absolute atomic E-state index is 11.4. The Morgan fingerprint density at radius 2 is 1.23 bits per heavy atom. The molecule has 0 radical (unpaired) electrons. The Morgan fingerprint density at radius 3 is 1.55 bits per heavy atom. The van der Waals surface area contributed by atoms with E-state index in [4.69, 9.17) is 9.05 Å². The molecular formula is C14H21N2O5P. The summed E-state index contributed by atoms with van der Waals surface area (Å²) in [6, 6.07) is 0. The summed E-state index contributed by atoms with van der Waals surface area (Å²) >= 11 is 0. The molecule has 2 N–H and O–H groups in total. The summed E-state index contributed by atoms with van der Waals surface area (Å²) < 4.78 is 20.9. The lowest BCUT2D eigenvalue weighted by Gasteiger charge is -1.99. The van der Waals surface area contributed by atoms with Crippen LogP contribution in [0.4, 0.5) is 0 Å². The number of amides is 2. The number of hydrogen-bond donors (Lipinski definition) is 2. The van der Waals surface area contributed by atoms with E-state index in [0.29, 0.717) is 11.1 Å². The predicted octanol–water partition coefficient (Wildman–Crippen LogP) is 1.82. The molecule has 0 aliphatic heterocycles. The Hall–Kier alpha value is -2.27. The van der Waals surface area contributed by atoms with Gasteiger partial charge in [-0.05, 0) is 26.0 Å². The van der Waals surface area contributed by atoms with E-state index in [0.717, 1.165) is 0 Å². The lowest BCUT2D eigenvalue weighted by molar-refractivity contribution is -0.117. The Labute approximate surface area is 130 Å². The molecule has 22 heavy (non-hydrogen) atoms. The molecule has 0 bridgehead atoms. The van der Waals surface area contributed by atoms with E-state index in [9.17, 15) is 14.2 Å². The molecule has 0 saturated heterocycles. The van der Waals surface area contributed by atoms with Crippen molar-refractivity contribution >= 4 is 20.1 Å². The highest BCUT2D eigenvalue weighted by molar-refractivity contribution is 7.33. The van der Waals surface area contributed by atoms with Crippen LogP contribution in [0.3, 0.4) is 0 Å². The van der Waals surface area contributed by atoms with Crippen LogP contribution in [0, 0.1) is 0 Å². The van der Waals surface area contributed by atoms with Gasteiger partial charge in [0.1, 0.15) is 0 Å². The van der Waals surface area contributed by atoms with Crippen molar-refractivity contribution < 1.29 is 23.2 Å². The standard InChI is InChI=1S/C14H21N2O5P/c1-11(13(17)15-3)7-5-9-20-22(19)21-10-6-8-12(2)14(18)16-4/h5-10,22H,1-4H3,(H,15,17)(H,16,18)/b9-5+,10-6+,11-7-,12-8-. The highest BCUT2D eigenvalue weighted by Gasteiger charge is 1.98. The number of rotatable bonds is 8. The van der Waals surface area contributed by atoms with Crippen LogP contribution in [0.25, 0.3) is 0 Å². The highest BCUT2D eigenvalue weighted by Crippen LogP contribution is 2.24. The molecule has 0 aromatic carbocycles. The lowest BCUT2D eigenvalue weighted by Crippen LogP contribution is -2.18. The zero-order valence-electron chi connectivity index (χ0n) is 13.0. The second-order valence-electron chi connectivity index (χ2n) is 4.00. The molecule has 0 rings (SSSR count). The fourth-order valence-corrected chi connectivity index (χ4v) is 1.57. The molecule has 0 atom stereocenters. The van der Waals surface area contributed by atoms with E-state index in [-0.39, 0.29) is 11.8 Å². The minimum absolute atomic E-state index is 0.213. The summed E-state index contributed by atoms with van der Waals surface area (Å²) in [6.07, 6.45) is 8.25. The SMILES string of the molecule is CNC(=O)/C(C)=C\C=C\O[PH](=O)O/C=C/C=C(/C)C(=O)NC. The third kappa shape index (κ3) is 8.81. The first-order chi connectivity index (χ1) is 10.4. The normalized spacial score (nSPS) is 14.0. The van der Waals surface area contributed by atoms with E-state index >= 15 is 0 Å². The first-order valence-electron chi connectivity index (χ1n) is 6.40. The number of nitrogens with one attached hydrogen (secondary N) is 2. The number of likely N-dealkylation sites (N-methyl/N-ethyl adjacent to an activating group) is 2. The molecule has 0 aromatic rings. The molecule has 0 spiro atoms. The Bertz CT molecular complexity index is 489. The van der Waals surface area contributed by atoms with Gasteiger partial charge in [0.25, 0.3) is 0 Å². The van der Waals surface area contributed by atoms with Gasteiger partial charge in [-0.2, -0.15) is 0 Å².